The maximum atomic E-state index is 12.5. The lowest BCUT2D eigenvalue weighted by Gasteiger charge is -2.16. The second-order valence-corrected chi connectivity index (χ2v) is 8.40. The number of ether oxygens (including phenoxy) is 2. The first-order valence-corrected chi connectivity index (χ1v) is 11.5. The zero-order chi connectivity index (χ0) is 23.9. The molecule has 4 rings (SSSR count). The molecule has 8 heteroatoms. The summed E-state index contributed by atoms with van der Waals surface area (Å²) < 4.78 is 13.5. The molecule has 1 amide bonds. The third kappa shape index (κ3) is 6.02. The molecule has 1 fully saturated rings. The number of Topliss-reactive ketones (excluding diaryl/α,β-unsaturated/α-hetero) is 1. The fraction of sp³-hybridized carbons (Fsp3) is 0.346. The van der Waals surface area contributed by atoms with Crippen molar-refractivity contribution in [2.24, 2.45) is 7.05 Å². The largest absolute Gasteiger partial charge is 0.493 e. The molecule has 2 N–H and O–H groups in total. The lowest BCUT2D eigenvalue weighted by molar-refractivity contribution is -0.118. The van der Waals surface area contributed by atoms with Crippen molar-refractivity contribution in [1.29, 1.82) is 0 Å². The number of carbonyl (C=O) groups is 2. The Bertz CT molecular complexity index is 1130. The second-order valence-electron chi connectivity index (χ2n) is 8.40. The van der Waals surface area contributed by atoms with Crippen LogP contribution in [0.1, 0.15) is 36.5 Å². The standard InChI is InChI=1S/C26H30N4O4/c1-18(31)19-5-8-22(9-6-19)34-17-26(32)29-21-7-10-25(33-15-12-20-4-3-13-27-20)23(16-21)24-11-14-28-30(24)2/h5-11,14,16,20,27H,3-4,12-13,15,17H2,1-2H3,(H,29,32). The van der Waals surface area contributed by atoms with Gasteiger partial charge in [0.1, 0.15) is 11.5 Å². The summed E-state index contributed by atoms with van der Waals surface area (Å²) in [5.41, 5.74) is 2.99. The maximum absolute atomic E-state index is 12.5. The number of aromatic nitrogens is 2. The minimum absolute atomic E-state index is 0.0175. The minimum atomic E-state index is -0.285. The van der Waals surface area contributed by atoms with Crippen molar-refractivity contribution in [3.8, 4) is 22.8 Å². The predicted octanol–water partition coefficient (Wildman–Crippen LogP) is 3.83. The van der Waals surface area contributed by atoms with Crippen LogP contribution in [-0.4, -0.2) is 47.3 Å². The zero-order valence-electron chi connectivity index (χ0n) is 19.5. The SMILES string of the molecule is CC(=O)c1ccc(OCC(=O)Nc2ccc(OCCC3CCCN3)c(-c3ccnn3C)c2)cc1. The molecule has 1 atom stereocenters. The molecular weight excluding hydrogens is 432 g/mol. The van der Waals surface area contributed by atoms with E-state index in [0.29, 0.717) is 29.6 Å². The highest BCUT2D eigenvalue weighted by Crippen LogP contribution is 2.32. The van der Waals surface area contributed by atoms with Crippen molar-refractivity contribution >= 4 is 17.4 Å². The molecule has 1 aromatic heterocycles. The first kappa shape index (κ1) is 23.5. The van der Waals surface area contributed by atoms with Gasteiger partial charge in [-0.3, -0.25) is 14.3 Å². The summed E-state index contributed by atoms with van der Waals surface area (Å²) in [7, 11) is 1.87. The van der Waals surface area contributed by atoms with Gasteiger partial charge >= 0.3 is 0 Å². The zero-order valence-corrected chi connectivity index (χ0v) is 19.5. The van der Waals surface area contributed by atoms with Crippen LogP contribution in [0.15, 0.2) is 54.7 Å². The molecule has 1 aliphatic heterocycles. The fourth-order valence-corrected chi connectivity index (χ4v) is 4.02. The summed E-state index contributed by atoms with van der Waals surface area (Å²) in [6.45, 7) is 3.05. The van der Waals surface area contributed by atoms with Crippen LogP contribution >= 0.6 is 0 Å². The lowest BCUT2D eigenvalue weighted by atomic mass is 10.1. The van der Waals surface area contributed by atoms with Gasteiger partial charge in [0.05, 0.1) is 12.3 Å². The third-order valence-corrected chi connectivity index (χ3v) is 5.88. The van der Waals surface area contributed by atoms with Crippen molar-refractivity contribution in [1.82, 2.24) is 15.1 Å². The van der Waals surface area contributed by atoms with E-state index in [1.807, 2.05) is 31.3 Å². The Morgan fingerprint density at radius 3 is 2.65 bits per heavy atom. The van der Waals surface area contributed by atoms with Crippen molar-refractivity contribution in [3.05, 3.63) is 60.3 Å². The van der Waals surface area contributed by atoms with Gasteiger partial charge in [0.2, 0.25) is 0 Å². The molecule has 0 spiro atoms. The molecule has 34 heavy (non-hydrogen) atoms. The number of benzene rings is 2. The van der Waals surface area contributed by atoms with Gasteiger partial charge < -0.3 is 20.1 Å². The van der Waals surface area contributed by atoms with Crippen molar-refractivity contribution in [2.45, 2.75) is 32.2 Å². The van der Waals surface area contributed by atoms with Gasteiger partial charge in [-0.15, -0.1) is 0 Å². The predicted molar refractivity (Wildman–Crippen MR) is 130 cm³/mol. The van der Waals surface area contributed by atoms with E-state index in [1.54, 1.807) is 35.1 Å². The van der Waals surface area contributed by atoms with E-state index in [-0.39, 0.29) is 18.3 Å². The molecule has 0 bridgehead atoms. The van der Waals surface area contributed by atoms with Crippen molar-refractivity contribution in [2.75, 3.05) is 25.1 Å². The van der Waals surface area contributed by atoms with Gasteiger partial charge in [0.15, 0.2) is 12.4 Å². The first-order chi connectivity index (χ1) is 16.5. The Hall–Kier alpha value is -3.65. The van der Waals surface area contributed by atoms with E-state index >= 15 is 0 Å². The quantitative estimate of drug-likeness (QED) is 0.445. The number of aryl methyl sites for hydroxylation is 1. The number of ketones is 1. The van der Waals surface area contributed by atoms with Gasteiger partial charge in [0.25, 0.3) is 5.91 Å². The number of hydrogen-bond acceptors (Lipinski definition) is 6. The molecule has 1 saturated heterocycles. The van der Waals surface area contributed by atoms with E-state index in [2.05, 4.69) is 15.7 Å². The molecule has 0 saturated carbocycles. The van der Waals surface area contributed by atoms with Crippen LogP contribution in [0.3, 0.4) is 0 Å². The van der Waals surface area contributed by atoms with Crippen LogP contribution in [0.5, 0.6) is 11.5 Å². The Morgan fingerprint density at radius 1 is 1.15 bits per heavy atom. The molecule has 178 valence electrons. The average Bonchev–Trinajstić information content (AvgIpc) is 3.50. The first-order valence-electron chi connectivity index (χ1n) is 11.5. The number of nitrogens with one attached hydrogen (secondary N) is 2. The van der Waals surface area contributed by atoms with Crippen LogP contribution in [0.25, 0.3) is 11.3 Å². The highest BCUT2D eigenvalue weighted by molar-refractivity contribution is 5.94. The van der Waals surface area contributed by atoms with E-state index < -0.39 is 0 Å². The second kappa shape index (κ2) is 11.0. The minimum Gasteiger partial charge on any atom is -0.493 e. The molecule has 8 nitrogen and oxygen atoms in total. The van der Waals surface area contributed by atoms with E-state index in [9.17, 15) is 9.59 Å². The molecule has 3 aromatic rings. The monoisotopic (exact) mass is 462 g/mol. The number of anilines is 1. The summed E-state index contributed by atoms with van der Waals surface area (Å²) in [5, 5.41) is 10.6. The summed E-state index contributed by atoms with van der Waals surface area (Å²) in [4.78, 5) is 23.9. The van der Waals surface area contributed by atoms with E-state index in [1.165, 1.54) is 19.8 Å². The molecule has 1 unspecified atom stereocenters. The highest BCUT2D eigenvalue weighted by atomic mass is 16.5. The van der Waals surface area contributed by atoms with Gasteiger partial charge in [-0.1, -0.05) is 0 Å². The number of amides is 1. The summed E-state index contributed by atoms with van der Waals surface area (Å²) in [6.07, 6.45) is 5.09. The van der Waals surface area contributed by atoms with Crippen LogP contribution in [0.4, 0.5) is 5.69 Å². The smallest absolute Gasteiger partial charge is 0.262 e. The third-order valence-electron chi connectivity index (χ3n) is 5.88. The Morgan fingerprint density at radius 2 is 1.97 bits per heavy atom. The molecule has 0 radical (unpaired) electrons. The molecule has 2 aromatic carbocycles. The van der Waals surface area contributed by atoms with Crippen LogP contribution in [0, 0.1) is 0 Å². The summed E-state index contributed by atoms with van der Waals surface area (Å²) in [6, 6.07) is 14.7. The lowest BCUT2D eigenvalue weighted by Crippen LogP contribution is -2.23. The van der Waals surface area contributed by atoms with Gasteiger partial charge in [0, 0.05) is 36.1 Å². The Labute approximate surface area is 199 Å². The molecule has 1 aliphatic rings. The fourth-order valence-electron chi connectivity index (χ4n) is 4.02. The molecular formula is C26H30N4O4. The van der Waals surface area contributed by atoms with Crippen molar-refractivity contribution < 1.29 is 19.1 Å². The number of carbonyl (C=O) groups excluding carboxylic acids is 2. The van der Waals surface area contributed by atoms with E-state index in [4.69, 9.17) is 9.47 Å². The van der Waals surface area contributed by atoms with E-state index in [0.717, 1.165) is 30.0 Å². The maximum Gasteiger partial charge on any atom is 0.262 e. The van der Waals surface area contributed by atoms with Crippen LogP contribution in [-0.2, 0) is 11.8 Å². The highest BCUT2D eigenvalue weighted by Gasteiger charge is 2.16. The van der Waals surface area contributed by atoms with Crippen LogP contribution < -0.4 is 20.1 Å². The summed E-state index contributed by atoms with van der Waals surface area (Å²) >= 11 is 0. The number of hydrogen-bond donors (Lipinski definition) is 2. The summed E-state index contributed by atoms with van der Waals surface area (Å²) in [5.74, 6) is 0.973. The Balaban J connectivity index is 1.40. The molecule has 0 aliphatic carbocycles. The Kier molecular flexibility index (Phi) is 7.59. The van der Waals surface area contributed by atoms with Crippen LogP contribution in [0.2, 0.25) is 0 Å². The number of rotatable bonds is 10. The van der Waals surface area contributed by atoms with Gasteiger partial charge in [-0.2, -0.15) is 5.10 Å². The normalized spacial score (nSPS) is 15.2. The molecule has 2 heterocycles. The average molecular weight is 463 g/mol. The topological polar surface area (TPSA) is 94.5 Å². The van der Waals surface area contributed by atoms with Gasteiger partial charge in [-0.05, 0) is 81.3 Å². The van der Waals surface area contributed by atoms with Crippen molar-refractivity contribution in [3.63, 3.8) is 0 Å². The van der Waals surface area contributed by atoms with Gasteiger partial charge in [-0.25, -0.2) is 0 Å². The number of nitrogens with zero attached hydrogens (tertiary/aromatic N) is 2.